The van der Waals surface area contributed by atoms with Crippen molar-refractivity contribution < 1.29 is 8.42 Å². The van der Waals surface area contributed by atoms with Gasteiger partial charge in [0.2, 0.25) is 0 Å². The molecule has 10 heteroatoms. The Bertz CT molecular complexity index is 1310. The highest BCUT2D eigenvalue weighted by Crippen LogP contribution is 2.44. The second kappa shape index (κ2) is 8.66. The zero-order valence-corrected chi connectivity index (χ0v) is 21.0. The summed E-state index contributed by atoms with van der Waals surface area (Å²) in [5.41, 5.74) is 4.44. The van der Waals surface area contributed by atoms with Gasteiger partial charge >= 0.3 is 0 Å². The van der Waals surface area contributed by atoms with E-state index in [0.717, 1.165) is 56.2 Å². The first-order valence-electron chi connectivity index (χ1n) is 11.7. The minimum atomic E-state index is -3.76. The van der Waals surface area contributed by atoms with Crippen LogP contribution in [0.1, 0.15) is 23.4 Å². The third kappa shape index (κ3) is 3.84. The fourth-order valence-corrected chi connectivity index (χ4v) is 6.79. The quantitative estimate of drug-likeness (QED) is 0.553. The van der Waals surface area contributed by atoms with Crippen molar-refractivity contribution in [2.45, 2.75) is 32.2 Å². The molecule has 5 heterocycles. The van der Waals surface area contributed by atoms with Crippen molar-refractivity contribution in [3.05, 3.63) is 47.4 Å². The largest absolute Gasteiger partial charge is 0.354 e. The van der Waals surface area contributed by atoms with E-state index in [0.29, 0.717) is 29.2 Å². The molecule has 1 saturated heterocycles. The molecule has 34 heavy (non-hydrogen) atoms. The molecule has 3 aromatic rings. The molecule has 0 atom stereocenters. The summed E-state index contributed by atoms with van der Waals surface area (Å²) >= 11 is 0. The van der Waals surface area contributed by atoms with Crippen LogP contribution in [0.25, 0.3) is 11.3 Å². The number of piperazine rings is 1. The van der Waals surface area contributed by atoms with Crippen LogP contribution in [0.5, 0.6) is 0 Å². The number of aryl methyl sites for hydroxylation is 3. The Morgan fingerprint density at radius 3 is 2.50 bits per heavy atom. The Labute approximate surface area is 201 Å². The average Bonchev–Trinajstić information content (AvgIpc) is 3.10. The summed E-state index contributed by atoms with van der Waals surface area (Å²) < 4.78 is 30.7. The number of rotatable bonds is 5. The zero-order chi connectivity index (χ0) is 24.0. The molecule has 3 aromatic heterocycles. The smallest absolute Gasteiger partial charge is 0.282 e. The Morgan fingerprint density at radius 2 is 1.79 bits per heavy atom. The monoisotopic (exact) mass is 481 g/mol. The lowest BCUT2D eigenvalue weighted by Gasteiger charge is -2.36. The number of pyridine rings is 2. The zero-order valence-electron chi connectivity index (χ0n) is 20.2. The molecule has 0 aromatic carbocycles. The Hall–Kier alpha value is -2.98. The van der Waals surface area contributed by atoms with E-state index in [4.69, 9.17) is 0 Å². The van der Waals surface area contributed by atoms with Gasteiger partial charge in [-0.25, -0.2) is 9.97 Å². The van der Waals surface area contributed by atoms with Crippen molar-refractivity contribution in [1.82, 2.24) is 24.6 Å². The van der Waals surface area contributed by atoms with E-state index < -0.39 is 10.0 Å². The molecule has 1 fully saturated rings. The van der Waals surface area contributed by atoms with E-state index in [1.54, 1.807) is 4.68 Å². The van der Waals surface area contributed by atoms with Gasteiger partial charge in [0.1, 0.15) is 17.2 Å². The van der Waals surface area contributed by atoms with E-state index in [-0.39, 0.29) is 5.03 Å². The molecule has 0 unspecified atom stereocenters. The van der Waals surface area contributed by atoms with Gasteiger partial charge in [-0.1, -0.05) is 6.07 Å². The first-order valence-corrected chi connectivity index (χ1v) is 13.1. The van der Waals surface area contributed by atoms with Gasteiger partial charge in [0, 0.05) is 63.8 Å². The number of nitrogens with zero attached hydrogens (tertiary/aromatic N) is 7. The number of sulfonamides is 1. The van der Waals surface area contributed by atoms with E-state index >= 15 is 0 Å². The van der Waals surface area contributed by atoms with Crippen LogP contribution >= 0.6 is 0 Å². The second-order valence-corrected chi connectivity index (χ2v) is 10.9. The van der Waals surface area contributed by atoms with Gasteiger partial charge in [0.25, 0.3) is 10.0 Å². The predicted octanol–water partition coefficient (Wildman–Crippen LogP) is 2.52. The molecular weight excluding hydrogens is 450 g/mol. The van der Waals surface area contributed by atoms with Crippen molar-refractivity contribution in [2.24, 2.45) is 7.05 Å². The topological polar surface area (TPSA) is 87.5 Å². The summed E-state index contributed by atoms with van der Waals surface area (Å²) in [6, 6.07) is 7.90. The van der Waals surface area contributed by atoms with Crippen LogP contribution in [0.15, 0.2) is 35.5 Å². The normalized spacial score (nSPS) is 17.5. The van der Waals surface area contributed by atoms with Gasteiger partial charge < -0.3 is 4.90 Å². The first-order chi connectivity index (χ1) is 16.3. The average molecular weight is 482 g/mol. The lowest BCUT2D eigenvalue weighted by atomic mass is 10.1. The third-order valence-electron chi connectivity index (χ3n) is 6.82. The summed E-state index contributed by atoms with van der Waals surface area (Å²) in [6.45, 7) is 10.6. The van der Waals surface area contributed by atoms with Gasteiger partial charge in [-0.15, -0.1) is 0 Å². The number of fused-ring (bicyclic) bond motifs is 3. The van der Waals surface area contributed by atoms with Gasteiger partial charge in [0.05, 0.1) is 5.69 Å². The van der Waals surface area contributed by atoms with Gasteiger partial charge in [-0.2, -0.15) is 13.5 Å². The minimum absolute atomic E-state index is 0.125. The second-order valence-electron chi connectivity index (χ2n) is 9.11. The molecule has 0 amide bonds. The lowest BCUT2D eigenvalue weighted by Crippen LogP contribution is -2.47. The number of hydrogen-bond acceptors (Lipinski definition) is 7. The van der Waals surface area contributed by atoms with E-state index in [1.807, 2.05) is 58.3 Å². The highest BCUT2D eigenvalue weighted by atomic mass is 32.2. The Balaban J connectivity index is 1.33. The predicted molar refractivity (Wildman–Crippen MR) is 133 cm³/mol. The summed E-state index contributed by atoms with van der Waals surface area (Å²) in [4.78, 5) is 13.6. The molecule has 2 aliphatic rings. The van der Waals surface area contributed by atoms with Crippen LogP contribution in [0.3, 0.4) is 0 Å². The maximum absolute atomic E-state index is 13.7. The van der Waals surface area contributed by atoms with Crippen LogP contribution in [0, 0.1) is 20.8 Å². The number of hydrogen-bond donors (Lipinski definition) is 0. The molecule has 0 bridgehead atoms. The van der Waals surface area contributed by atoms with Crippen LogP contribution < -0.4 is 9.21 Å². The highest BCUT2D eigenvalue weighted by Gasteiger charge is 2.40. The Kier molecular flexibility index (Phi) is 5.81. The number of aromatic nitrogens is 4. The molecule has 0 radical (unpaired) electrons. The Morgan fingerprint density at radius 1 is 1.03 bits per heavy atom. The van der Waals surface area contributed by atoms with E-state index in [9.17, 15) is 8.42 Å². The molecular formula is C24H31N7O2S. The van der Waals surface area contributed by atoms with Crippen LogP contribution in [0.4, 0.5) is 11.5 Å². The van der Waals surface area contributed by atoms with Crippen molar-refractivity contribution in [1.29, 1.82) is 0 Å². The minimum Gasteiger partial charge on any atom is -0.354 e. The van der Waals surface area contributed by atoms with Crippen molar-refractivity contribution in [2.75, 3.05) is 48.5 Å². The number of anilines is 2. The lowest BCUT2D eigenvalue weighted by molar-refractivity contribution is 0.256. The van der Waals surface area contributed by atoms with Crippen molar-refractivity contribution in [3.8, 4) is 11.3 Å². The molecule has 5 rings (SSSR count). The van der Waals surface area contributed by atoms with Gasteiger partial charge in [-0.05, 0) is 51.0 Å². The molecule has 0 aliphatic carbocycles. The maximum atomic E-state index is 13.7. The molecule has 180 valence electrons. The molecule has 2 aliphatic heterocycles. The van der Waals surface area contributed by atoms with E-state index in [1.165, 1.54) is 4.31 Å². The SMILES string of the molecule is Cc1cc(C)c2c(n1)S(=O)(=O)N(CCCN1CCN(c3ccccn3)CC1)c1c-2nn(C)c1C. The third-order valence-corrected chi connectivity index (χ3v) is 8.55. The first kappa shape index (κ1) is 22.8. The van der Waals surface area contributed by atoms with Crippen LogP contribution in [0.2, 0.25) is 0 Å². The summed E-state index contributed by atoms with van der Waals surface area (Å²) in [6.07, 6.45) is 2.56. The molecule has 9 nitrogen and oxygen atoms in total. The standard InChI is InChI=1S/C24H31N7O2S/c1-17-16-18(2)26-24-21(17)22-23(19(3)28(4)27-22)31(34(24,32)33)11-7-10-29-12-14-30(15-13-29)20-8-5-6-9-25-20/h5-6,8-9,16H,7,10-15H2,1-4H3. The summed E-state index contributed by atoms with van der Waals surface area (Å²) in [5, 5.41) is 4.81. The van der Waals surface area contributed by atoms with E-state index in [2.05, 4.69) is 24.9 Å². The van der Waals surface area contributed by atoms with Crippen molar-refractivity contribution in [3.63, 3.8) is 0 Å². The van der Waals surface area contributed by atoms with Crippen molar-refractivity contribution >= 4 is 21.5 Å². The highest BCUT2D eigenvalue weighted by molar-refractivity contribution is 7.93. The van der Waals surface area contributed by atoms with Gasteiger partial charge in [0.15, 0.2) is 5.03 Å². The molecule has 0 saturated carbocycles. The van der Waals surface area contributed by atoms with Gasteiger partial charge in [-0.3, -0.25) is 13.9 Å². The fourth-order valence-electron chi connectivity index (χ4n) is 4.98. The molecule has 0 N–H and O–H groups in total. The molecule has 0 spiro atoms. The fraction of sp³-hybridized carbons (Fsp3) is 0.458. The van der Waals surface area contributed by atoms with Crippen LogP contribution in [-0.4, -0.2) is 72.3 Å². The maximum Gasteiger partial charge on any atom is 0.282 e. The van der Waals surface area contributed by atoms with Crippen LogP contribution in [-0.2, 0) is 17.1 Å². The summed E-state index contributed by atoms with van der Waals surface area (Å²) in [7, 11) is -1.91. The summed E-state index contributed by atoms with van der Waals surface area (Å²) in [5.74, 6) is 1.01.